The van der Waals surface area contributed by atoms with Crippen LogP contribution in [0.25, 0.3) is 0 Å². The molecule has 18 heavy (non-hydrogen) atoms. The van der Waals surface area contributed by atoms with Gasteiger partial charge in [0.2, 0.25) is 10.0 Å². The van der Waals surface area contributed by atoms with E-state index in [9.17, 15) is 8.42 Å². The Balaban J connectivity index is 2.09. The minimum Gasteiger partial charge on any atom is -0.317 e. The molecule has 0 radical (unpaired) electrons. The Bertz CT molecular complexity index is 404. The number of hydrogen-bond donors (Lipinski definition) is 3. The van der Waals surface area contributed by atoms with Crippen molar-refractivity contribution in [2.45, 2.75) is 26.2 Å². The Morgan fingerprint density at radius 2 is 2.17 bits per heavy atom. The molecule has 1 rings (SSSR count). The van der Waals surface area contributed by atoms with Gasteiger partial charge in [-0.05, 0) is 25.9 Å². The van der Waals surface area contributed by atoms with Gasteiger partial charge in [-0.2, -0.15) is 5.10 Å². The summed E-state index contributed by atoms with van der Waals surface area (Å²) in [5.41, 5.74) is 0. The van der Waals surface area contributed by atoms with Crippen molar-refractivity contribution >= 4 is 10.0 Å². The maximum atomic E-state index is 11.6. The van der Waals surface area contributed by atoms with Crippen LogP contribution >= 0.6 is 0 Å². The first-order valence-corrected chi connectivity index (χ1v) is 7.81. The highest BCUT2D eigenvalue weighted by molar-refractivity contribution is 7.89. The number of aromatic amines is 1. The predicted molar refractivity (Wildman–Crippen MR) is 69.7 cm³/mol. The number of sulfonamides is 1. The van der Waals surface area contributed by atoms with E-state index in [1.54, 1.807) is 0 Å². The summed E-state index contributed by atoms with van der Waals surface area (Å²) in [5.74, 6) is 0.948. The highest BCUT2D eigenvalue weighted by atomic mass is 32.2. The van der Waals surface area contributed by atoms with Crippen LogP contribution in [0.3, 0.4) is 0 Å². The molecule has 0 aliphatic heterocycles. The standard InChI is InChI=1S/C10H21N5O2S/c1-2-11-6-4-8-18(16,17)14-7-3-5-10-12-9-13-15-10/h9,11,14H,2-8H2,1H3,(H,12,13,15). The van der Waals surface area contributed by atoms with Crippen molar-refractivity contribution in [1.29, 1.82) is 0 Å². The van der Waals surface area contributed by atoms with Crippen molar-refractivity contribution < 1.29 is 8.42 Å². The van der Waals surface area contributed by atoms with Crippen LogP contribution in [0.5, 0.6) is 0 Å². The molecule has 0 atom stereocenters. The number of aryl methyl sites for hydroxylation is 1. The monoisotopic (exact) mass is 275 g/mol. The summed E-state index contributed by atoms with van der Waals surface area (Å²) in [6, 6.07) is 0. The van der Waals surface area contributed by atoms with E-state index in [0.717, 1.165) is 18.9 Å². The fraction of sp³-hybridized carbons (Fsp3) is 0.800. The summed E-state index contributed by atoms with van der Waals surface area (Å²) in [4.78, 5) is 3.97. The molecule has 0 bridgehead atoms. The lowest BCUT2D eigenvalue weighted by molar-refractivity contribution is 0.573. The Morgan fingerprint density at radius 3 is 2.83 bits per heavy atom. The van der Waals surface area contributed by atoms with Crippen molar-refractivity contribution in [1.82, 2.24) is 25.2 Å². The average Bonchev–Trinajstić information content (AvgIpc) is 2.83. The smallest absolute Gasteiger partial charge is 0.211 e. The molecule has 3 N–H and O–H groups in total. The summed E-state index contributed by atoms with van der Waals surface area (Å²) in [6.07, 6.45) is 3.48. The van der Waals surface area contributed by atoms with Gasteiger partial charge in [-0.15, -0.1) is 0 Å². The molecule has 0 saturated carbocycles. The Kier molecular flexibility index (Phi) is 6.84. The minimum atomic E-state index is -3.14. The van der Waals surface area contributed by atoms with Crippen LogP contribution in [0.15, 0.2) is 6.33 Å². The number of nitrogens with zero attached hydrogens (tertiary/aromatic N) is 2. The molecule has 0 aromatic carbocycles. The van der Waals surface area contributed by atoms with Gasteiger partial charge in [0.05, 0.1) is 5.75 Å². The molecule has 1 aromatic rings. The molecule has 0 aliphatic rings. The Morgan fingerprint density at radius 1 is 1.33 bits per heavy atom. The first-order chi connectivity index (χ1) is 8.64. The molecule has 0 spiro atoms. The number of hydrogen-bond acceptors (Lipinski definition) is 5. The molecule has 7 nitrogen and oxygen atoms in total. The van der Waals surface area contributed by atoms with E-state index in [-0.39, 0.29) is 5.75 Å². The first-order valence-electron chi connectivity index (χ1n) is 6.16. The van der Waals surface area contributed by atoms with Gasteiger partial charge >= 0.3 is 0 Å². The first kappa shape index (κ1) is 15.1. The van der Waals surface area contributed by atoms with Crippen LogP contribution < -0.4 is 10.0 Å². The second kappa shape index (κ2) is 8.17. The van der Waals surface area contributed by atoms with E-state index in [1.807, 2.05) is 6.92 Å². The third kappa shape index (κ3) is 6.67. The summed E-state index contributed by atoms with van der Waals surface area (Å²) < 4.78 is 25.7. The maximum Gasteiger partial charge on any atom is 0.211 e. The third-order valence-electron chi connectivity index (χ3n) is 2.39. The van der Waals surface area contributed by atoms with Gasteiger partial charge in [0.15, 0.2) is 0 Å². The van der Waals surface area contributed by atoms with Crippen molar-refractivity contribution in [2.75, 3.05) is 25.4 Å². The number of H-pyrrole nitrogens is 1. The lowest BCUT2D eigenvalue weighted by Crippen LogP contribution is -2.29. The van der Waals surface area contributed by atoms with Crippen molar-refractivity contribution in [2.24, 2.45) is 0 Å². The molecule has 104 valence electrons. The van der Waals surface area contributed by atoms with Crippen molar-refractivity contribution in [3.8, 4) is 0 Å². The molecule has 0 saturated heterocycles. The van der Waals surface area contributed by atoms with Crippen LogP contribution in [0, 0.1) is 0 Å². The maximum absolute atomic E-state index is 11.6. The zero-order valence-corrected chi connectivity index (χ0v) is 11.5. The molecular weight excluding hydrogens is 254 g/mol. The zero-order chi connectivity index (χ0) is 13.3. The van der Waals surface area contributed by atoms with Crippen LogP contribution in [0.2, 0.25) is 0 Å². The second-order valence-electron chi connectivity index (χ2n) is 3.96. The average molecular weight is 275 g/mol. The van der Waals surface area contributed by atoms with E-state index in [2.05, 4.69) is 25.2 Å². The predicted octanol–water partition coefficient (Wildman–Crippen LogP) is -0.344. The Labute approximate surface area is 108 Å². The second-order valence-corrected chi connectivity index (χ2v) is 5.88. The van der Waals surface area contributed by atoms with Gasteiger partial charge in [0.25, 0.3) is 0 Å². The van der Waals surface area contributed by atoms with Gasteiger partial charge in [-0.3, -0.25) is 5.10 Å². The normalized spacial score (nSPS) is 11.8. The molecular formula is C10H21N5O2S. The topological polar surface area (TPSA) is 99.8 Å². The van der Waals surface area contributed by atoms with E-state index >= 15 is 0 Å². The number of aromatic nitrogens is 3. The largest absolute Gasteiger partial charge is 0.317 e. The van der Waals surface area contributed by atoms with Crippen LogP contribution in [0.4, 0.5) is 0 Å². The summed E-state index contributed by atoms with van der Waals surface area (Å²) in [6.45, 7) is 4.03. The lowest BCUT2D eigenvalue weighted by Gasteiger charge is -2.06. The van der Waals surface area contributed by atoms with E-state index in [4.69, 9.17) is 0 Å². The molecule has 0 aliphatic carbocycles. The van der Waals surface area contributed by atoms with E-state index < -0.39 is 10.0 Å². The van der Waals surface area contributed by atoms with E-state index in [0.29, 0.717) is 25.8 Å². The van der Waals surface area contributed by atoms with Crippen molar-refractivity contribution in [3.63, 3.8) is 0 Å². The van der Waals surface area contributed by atoms with Crippen LogP contribution in [-0.4, -0.2) is 49.0 Å². The highest BCUT2D eigenvalue weighted by Crippen LogP contribution is 1.94. The highest BCUT2D eigenvalue weighted by Gasteiger charge is 2.08. The number of rotatable bonds is 10. The molecule has 1 heterocycles. The van der Waals surface area contributed by atoms with Gasteiger partial charge in [0, 0.05) is 13.0 Å². The summed E-state index contributed by atoms with van der Waals surface area (Å²) in [5, 5.41) is 9.56. The lowest BCUT2D eigenvalue weighted by atomic mass is 10.3. The fourth-order valence-corrected chi connectivity index (χ4v) is 2.59. The van der Waals surface area contributed by atoms with Gasteiger partial charge < -0.3 is 5.32 Å². The zero-order valence-electron chi connectivity index (χ0n) is 10.6. The summed E-state index contributed by atoms with van der Waals surface area (Å²) in [7, 11) is -3.14. The van der Waals surface area contributed by atoms with Gasteiger partial charge in [-0.1, -0.05) is 6.92 Å². The van der Waals surface area contributed by atoms with Gasteiger partial charge in [0.1, 0.15) is 12.2 Å². The molecule has 0 amide bonds. The molecule has 0 fully saturated rings. The Hall–Kier alpha value is -0.990. The minimum absolute atomic E-state index is 0.169. The quantitative estimate of drug-likeness (QED) is 0.507. The molecule has 8 heteroatoms. The molecule has 1 aromatic heterocycles. The SMILES string of the molecule is CCNCCCS(=O)(=O)NCCCc1ncn[nH]1. The molecule has 0 unspecified atom stereocenters. The van der Waals surface area contributed by atoms with Crippen LogP contribution in [0.1, 0.15) is 25.6 Å². The van der Waals surface area contributed by atoms with E-state index in [1.165, 1.54) is 6.33 Å². The van der Waals surface area contributed by atoms with Crippen molar-refractivity contribution in [3.05, 3.63) is 12.2 Å². The third-order valence-corrected chi connectivity index (χ3v) is 3.86. The van der Waals surface area contributed by atoms with Gasteiger partial charge in [-0.25, -0.2) is 18.1 Å². The summed E-state index contributed by atoms with van der Waals surface area (Å²) >= 11 is 0. The fourth-order valence-electron chi connectivity index (χ4n) is 1.47. The van der Waals surface area contributed by atoms with Crippen LogP contribution in [-0.2, 0) is 16.4 Å². The number of nitrogens with one attached hydrogen (secondary N) is 3.